The van der Waals surface area contributed by atoms with Crippen molar-refractivity contribution in [2.45, 2.75) is 50.2 Å². The minimum atomic E-state index is -3.46. The molecule has 2 rings (SSSR count). The SMILES string of the molecule is CNCc1ccc(S(=O)(=O)N2CCCCCC2C)nc1. The van der Waals surface area contributed by atoms with Crippen LogP contribution in [0.1, 0.15) is 38.2 Å². The molecule has 1 saturated heterocycles. The number of aromatic nitrogens is 1. The van der Waals surface area contributed by atoms with E-state index >= 15 is 0 Å². The molecule has 1 aromatic heterocycles. The highest BCUT2D eigenvalue weighted by atomic mass is 32.2. The van der Waals surface area contributed by atoms with Crippen LogP contribution in [-0.4, -0.2) is 37.3 Å². The Balaban J connectivity index is 2.24. The molecular formula is C14H23N3O2S. The highest BCUT2D eigenvalue weighted by molar-refractivity contribution is 7.89. The Bertz CT molecular complexity index is 528. The molecule has 1 atom stereocenters. The molecule has 0 aliphatic carbocycles. The van der Waals surface area contributed by atoms with Crippen LogP contribution in [0.4, 0.5) is 0 Å². The Hall–Kier alpha value is -0.980. The molecule has 1 unspecified atom stereocenters. The number of pyridine rings is 1. The first-order valence-electron chi connectivity index (χ1n) is 7.17. The van der Waals surface area contributed by atoms with Crippen LogP contribution < -0.4 is 5.32 Å². The molecule has 1 aromatic rings. The first kappa shape index (κ1) is 15.4. The van der Waals surface area contributed by atoms with Crippen molar-refractivity contribution in [2.75, 3.05) is 13.6 Å². The summed E-state index contributed by atoms with van der Waals surface area (Å²) in [5.74, 6) is 0. The average Bonchev–Trinajstić information content (AvgIpc) is 2.65. The lowest BCUT2D eigenvalue weighted by Gasteiger charge is -2.25. The van der Waals surface area contributed by atoms with Crippen LogP contribution in [0.3, 0.4) is 0 Å². The molecule has 5 nitrogen and oxygen atoms in total. The van der Waals surface area contributed by atoms with Crippen molar-refractivity contribution in [2.24, 2.45) is 0 Å². The van der Waals surface area contributed by atoms with Gasteiger partial charge in [-0.2, -0.15) is 4.31 Å². The van der Waals surface area contributed by atoms with Crippen molar-refractivity contribution in [3.8, 4) is 0 Å². The summed E-state index contributed by atoms with van der Waals surface area (Å²) in [6, 6.07) is 3.49. The van der Waals surface area contributed by atoms with Gasteiger partial charge in [0, 0.05) is 25.3 Å². The second-order valence-electron chi connectivity index (χ2n) is 5.35. The lowest BCUT2D eigenvalue weighted by Crippen LogP contribution is -2.38. The van der Waals surface area contributed by atoms with Crippen LogP contribution in [0.5, 0.6) is 0 Å². The summed E-state index contributed by atoms with van der Waals surface area (Å²) in [7, 11) is -1.61. The summed E-state index contributed by atoms with van der Waals surface area (Å²) >= 11 is 0. The molecule has 0 spiro atoms. The standard InChI is InChI=1S/C14H23N3O2S/c1-12-6-4-3-5-9-17(12)20(18,19)14-8-7-13(10-15-2)11-16-14/h7-8,11-12,15H,3-6,9-10H2,1-2H3. The van der Waals surface area contributed by atoms with Gasteiger partial charge in [0.05, 0.1) is 0 Å². The maximum atomic E-state index is 12.7. The minimum absolute atomic E-state index is 0.0567. The van der Waals surface area contributed by atoms with Gasteiger partial charge in [-0.05, 0) is 38.4 Å². The molecule has 20 heavy (non-hydrogen) atoms. The first-order valence-corrected chi connectivity index (χ1v) is 8.61. The zero-order chi connectivity index (χ0) is 14.6. The third kappa shape index (κ3) is 3.37. The van der Waals surface area contributed by atoms with Crippen LogP contribution in [-0.2, 0) is 16.6 Å². The third-order valence-electron chi connectivity index (χ3n) is 3.74. The molecule has 0 amide bonds. The van der Waals surface area contributed by atoms with Gasteiger partial charge < -0.3 is 5.32 Å². The van der Waals surface area contributed by atoms with E-state index in [1.807, 2.05) is 20.0 Å². The van der Waals surface area contributed by atoms with Crippen molar-refractivity contribution >= 4 is 10.0 Å². The van der Waals surface area contributed by atoms with Crippen molar-refractivity contribution in [3.05, 3.63) is 23.9 Å². The maximum Gasteiger partial charge on any atom is 0.260 e. The van der Waals surface area contributed by atoms with Gasteiger partial charge in [0.25, 0.3) is 10.0 Å². The van der Waals surface area contributed by atoms with Crippen molar-refractivity contribution in [1.82, 2.24) is 14.6 Å². The minimum Gasteiger partial charge on any atom is -0.316 e. The molecule has 1 aliphatic rings. The van der Waals surface area contributed by atoms with E-state index in [1.165, 1.54) is 0 Å². The number of rotatable bonds is 4. The fraction of sp³-hybridized carbons (Fsp3) is 0.643. The second kappa shape index (κ2) is 6.65. The lowest BCUT2D eigenvalue weighted by molar-refractivity contribution is 0.341. The molecule has 1 aliphatic heterocycles. The van der Waals surface area contributed by atoms with Gasteiger partial charge in [0.1, 0.15) is 0 Å². The molecule has 1 N–H and O–H groups in total. The van der Waals surface area contributed by atoms with Crippen LogP contribution in [0, 0.1) is 0 Å². The second-order valence-corrected chi connectivity index (χ2v) is 7.19. The predicted molar refractivity (Wildman–Crippen MR) is 78.8 cm³/mol. The number of sulfonamides is 1. The van der Waals surface area contributed by atoms with Gasteiger partial charge in [0.2, 0.25) is 0 Å². The van der Waals surface area contributed by atoms with Crippen molar-refractivity contribution < 1.29 is 8.42 Å². The zero-order valence-corrected chi connectivity index (χ0v) is 13.0. The first-order chi connectivity index (χ1) is 9.55. The van der Waals surface area contributed by atoms with Gasteiger partial charge in [-0.1, -0.05) is 18.9 Å². The predicted octanol–water partition coefficient (Wildman–Crippen LogP) is 1.75. The molecule has 6 heteroatoms. The van der Waals surface area contributed by atoms with E-state index in [9.17, 15) is 8.42 Å². The molecule has 0 bridgehead atoms. The number of hydrogen-bond donors (Lipinski definition) is 1. The van der Waals surface area contributed by atoms with Crippen LogP contribution >= 0.6 is 0 Å². The Kier molecular flexibility index (Phi) is 5.12. The summed E-state index contributed by atoms with van der Waals surface area (Å²) < 4.78 is 26.9. The summed E-state index contributed by atoms with van der Waals surface area (Å²) in [5, 5.41) is 3.18. The van der Waals surface area contributed by atoms with Gasteiger partial charge in [-0.15, -0.1) is 0 Å². The van der Waals surface area contributed by atoms with Crippen LogP contribution in [0.15, 0.2) is 23.4 Å². The topological polar surface area (TPSA) is 62.3 Å². The Labute approximate surface area is 121 Å². The fourth-order valence-electron chi connectivity index (χ4n) is 2.60. The van der Waals surface area contributed by atoms with Crippen LogP contribution in [0.25, 0.3) is 0 Å². The molecule has 112 valence electrons. The maximum absolute atomic E-state index is 12.7. The normalized spacial score (nSPS) is 21.6. The van der Waals surface area contributed by atoms with Gasteiger partial charge >= 0.3 is 0 Å². The Morgan fingerprint density at radius 3 is 2.80 bits per heavy atom. The third-order valence-corrected chi connectivity index (χ3v) is 5.67. The van der Waals surface area contributed by atoms with E-state index < -0.39 is 10.0 Å². The molecule has 0 radical (unpaired) electrons. The smallest absolute Gasteiger partial charge is 0.260 e. The monoisotopic (exact) mass is 297 g/mol. The summed E-state index contributed by atoms with van der Waals surface area (Å²) in [6.45, 7) is 3.27. The molecule has 0 aromatic carbocycles. The lowest BCUT2D eigenvalue weighted by atomic mass is 10.1. The van der Waals surface area contributed by atoms with Crippen molar-refractivity contribution in [1.29, 1.82) is 0 Å². The van der Waals surface area contributed by atoms with E-state index in [4.69, 9.17) is 0 Å². The average molecular weight is 297 g/mol. The summed E-state index contributed by atoms with van der Waals surface area (Å²) in [6.07, 6.45) is 5.69. The zero-order valence-electron chi connectivity index (χ0n) is 12.2. The fourth-order valence-corrected chi connectivity index (χ4v) is 4.21. The van der Waals surface area contributed by atoms with E-state index in [-0.39, 0.29) is 11.1 Å². The highest BCUT2D eigenvalue weighted by Gasteiger charge is 2.30. The van der Waals surface area contributed by atoms with Crippen LogP contribution in [0.2, 0.25) is 0 Å². The Morgan fingerprint density at radius 1 is 1.35 bits per heavy atom. The van der Waals surface area contributed by atoms with E-state index in [0.717, 1.165) is 31.2 Å². The summed E-state index contributed by atoms with van der Waals surface area (Å²) in [5.41, 5.74) is 0.982. The number of nitrogens with one attached hydrogen (secondary N) is 1. The van der Waals surface area contributed by atoms with Gasteiger partial charge in [-0.3, -0.25) is 0 Å². The quantitative estimate of drug-likeness (QED) is 0.920. The van der Waals surface area contributed by atoms with E-state index in [0.29, 0.717) is 13.1 Å². The van der Waals surface area contributed by atoms with Gasteiger partial charge in [0.15, 0.2) is 5.03 Å². The molecule has 0 saturated carbocycles. The largest absolute Gasteiger partial charge is 0.316 e. The number of hydrogen-bond acceptors (Lipinski definition) is 4. The summed E-state index contributed by atoms with van der Waals surface area (Å²) in [4.78, 5) is 4.14. The molecule has 2 heterocycles. The van der Waals surface area contributed by atoms with E-state index in [2.05, 4.69) is 10.3 Å². The molecule has 1 fully saturated rings. The van der Waals surface area contributed by atoms with Crippen molar-refractivity contribution in [3.63, 3.8) is 0 Å². The Morgan fingerprint density at radius 2 is 2.15 bits per heavy atom. The number of nitrogens with zero attached hydrogens (tertiary/aromatic N) is 2. The van der Waals surface area contributed by atoms with Gasteiger partial charge in [-0.25, -0.2) is 13.4 Å². The molecular weight excluding hydrogens is 274 g/mol. The van der Waals surface area contributed by atoms with E-state index in [1.54, 1.807) is 16.6 Å². The highest BCUT2D eigenvalue weighted by Crippen LogP contribution is 2.23.